The van der Waals surface area contributed by atoms with Crippen molar-refractivity contribution in [1.29, 1.82) is 0 Å². The van der Waals surface area contributed by atoms with E-state index < -0.39 is 16.2 Å². The van der Waals surface area contributed by atoms with Crippen LogP contribution in [0.4, 0.5) is 0 Å². The number of aliphatic carboxylic acids is 1. The first kappa shape index (κ1) is 20.6. The molecule has 0 unspecified atom stereocenters. The number of aliphatic hydroxyl groups is 1. The standard InChI is InChI=1S/C15H24N4O6S2/c1-7-11-10(2-3-20)14(21)19(11)12(15(22)23)13(7)26-9-4-8(17-6-9)5-18-27(16,24)25/h7-11,17-18,20H,2-6H2,1H3,(H,22,23)(H2,16,24,25)/t7-,8+,9+,10+,11-/m1/s1. The van der Waals surface area contributed by atoms with Crippen molar-refractivity contribution >= 4 is 33.8 Å². The van der Waals surface area contributed by atoms with E-state index in [4.69, 9.17) is 10.2 Å². The van der Waals surface area contributed by atoms with E-state index in [1.165, 1.54) is 16.7 Å². The molecule has 3 rings (SSSR count). The van der Waals surface area contributed by atoms with Gasteiger partial charge in [-0.3, -0.25) is 4.79 Å². The quantitative estimate of drug-likeness (QED) is 0.293. The third kappa shape index (κ3) is 4.00. The molecule has 10 nitrogen and oxygen atoms in total. The van der Waals surface area contributed by atoms with Crippen LogP contribution in [0.15, 0.2) is 10.6 Å². The highest BCUT2D eigenvalue weighted by molar-refractivity contribution is 8.03. The van der Waals surface area contributed by atoms with Crippen LogP contribution >= 0.6 is 11.8 Å². The van der Waals surface area contributed by atoms with Crippen LogP contribution in [0.1, 0.15) is 19.8 Å². The average molecular weight is 421 g/mol. The summed E-state index contributed by atoms with van der Waals surface area (Å²) in [7, 11) is -3.75. The second-order valence-corrected chi connectivity index (χ2v) is 9.82. The van der Waals surface area contributed by atoms with Gasteiger partial charge in [0.2, 0.25) is 5.91 Å². The summed E-state index contributed by atoms with van der Waals surface area (Å²) in [5, 5.41) is 27.0. The Morgan fingerprint density at radius 2 is 2.19 bits per heavy atom. The van der Waals surface area contributed by atoms with Crippen molar-refractivity contribution in [3.05, 3.63) is 10.6 Å². The number of thioether (sulfide) groups is 1. The smallest absolute Gasteiger partial charge is 0.353 e. The van der Waals surface area contributed by atoms with Crippen LogP contribution in [-0.4, -0.2) is 72.4 Å². The number of nitrogens with zero attached hydrogens (tertiary/aromatic N) is 1. The summed E-state index contributed by atoms with van der Waals surface area (Å²) in [6.07, 6.45) is 0.983. The second-order valence-electron chi connectivity index (χ2n) is 7.10. The summed E-state index contributed by atoms with van der Waals surface area (Å²) in [5.74, 6) is -1.82. The molecule has 0 saturated carbocycles. The third-order valence-electron chi connectivity index (χ3n) is 5.31. The van der Waals surface area contributed by atoms with Gasteiger partial charge in [-0.2, -0.15) is 8.42 Å². The molecule has 0 bridgehead atoms. The predicted molar refractivity (Wildman–Crippen MR) is 98.5 cm³/mol. The highest BCUT2D eigenvalue weighted by atomic mass is 32.2. The Morgan fingerprint density at radius 3 is 2.78 bits per heavy atom. The summed E-state index contributed by atoms with van der Waals surface area (Å²) in [6, 6.07) is -0.306. The van der Waals surface area contributed by atoms with E-state index in [2.05, 4.69) is 10.0 Å². The van der Waals surface area contributed by atoms with Gasteiger partial charge in [-0.25, -0.2) is 14.7 Å². The van der Waals surface area contributed by atoms with Gasteiger partial charge >= 0.3 is 5.97 Å². The lowest BCUT2D eigenvalue weighted by atomic mass is 9.80. The molecule has 152 valence electrons. The maximum atomic E-state index is 12.3. The number of nitrogens with two attached hydrogens (primary N) is 1. The van der Waals surface area contributed by atoms with Crippen molar-refractivity contribution < 1.29 is 28.2 Å². The molecule has 2 fully saturated rings. The molecule has 0 spiro atoms. The minimum Gasteiger partial charge on any atom is -0.477 e. The van der Waals surface area contributed by atoms with Gasteiger partial charge in [0.05, 0.1) is 12.0 Å². The highest BCUT2D eigenvalue weighted by Gasteiger charge is 2.58. The van der Waals surface area contributed by atoms with Gasteiger partial charge in [-0.05, 0) is 12.8 Å². The van der Waals surface area contributed by atoms with Crippen molar-refractivity contribution in [3.8, 4) is 0 Å². The topological polar surface area (TPSA) is 162 Å². The molecule has 0 aromatic carbocycles. The molecule has 1 amide bonds. The van der Waals surface area contributed by atoms with Gasteiger partial charge in [0, 0.05) is 41.8 Å². The van der Waals surface area contributed by atoms with Crippen molar-refractivity contribution in [2.24, 2.45) is 17.0 Å². The monoisotopic (exact) mass is 420 g/mol. The molecule has 5 atom stereocenters. The van der Waals surface area contributed by atoms with Crippen molar-refractivity contribution in [2.75, 3.05) is 19.7 Å². The Morgan fingerprint density at radius 1 is 1.48 bits per heavy atom. The lowest BCUT2D eigenvalue weighted by molar-refractivity contribution is -0.157. The lowest BCUT2D eigenvalue weighted by Crippen LogP contribution is -2.60. The van der Waals surface area contributed by atoms with Crippen molar-refractivity contribution in [2.45, 2.75) is 37.1 Å². The van der Waals surface area contributed by atoms with Gasteiger partial charge in [0.25, 0.3) is 10.2 Å². The van der Waals surface area contributed by atoms with Crippen molar-refractivity contribution in [3.63, 3.8) is 0 Å². The summed E-state index contributed by atoms with van der Waals surface area (Å²) < 4.78 is 24.3. The molecule has 0 aliphatic carbocycles. The Kier molecular flexibility index (Phi) is 5.85. The zero-order valence-electron chi connectivity index (χ0n) is 14.8. The largest absolute Gasteiger partial charge is 0.477 e. The maximum absolute atomic E-state index is 12.3. The van der Waals surface area contributed by atoms with E-state index >= 15 is 0 Å². The highest BCUT2D eigenvalue weighted by Crippen LogP contribution is 2.51. The predicted octanol–water partition coefficient (Wildman–Crippen LogP) is -1.60. The molecule has 2 saturated heterocycles. The Balaban J connectivity index is 1.69. The van der Waals surface area contributed by atoms with Crippen LogP contribution in [0, 0.1) is 11.8 Å². The molecule has 12 heteroatoms. The Hall–Kier alpha value is -1.18. The molecule has 3 aliphatic heterocycles. The fourth-order valence-corrected chi connectivity index (χ4v) is 6.07. The number of amides is 1. The minimum atomic E-state index is -3.75. The Bertz CT molecular complexity index is 770. The van der Waals surface area contributed by atoms with E-state index in [9.17, 15) is 23.1 Å². The molecule has 3 heterocycles. The SMILES string of the molecule is C[C@H]1C(S[C@@H]2CN[C@H](CNS(N)(=O)=O)C2)=C(C(=O)O)N2C(=O)[C@@H](CCO)[C@@H]12. The maximum Gasteiger partial charge on any atom is 0.353 e. The number of rotatable bonds is 8. The van der Waals surface area contributed by atoms with Gasteiger partial charge in [-0.1, -0.05) is 6.92 Å². The first-order valence-electron chi connectivity index (χ1n) is 8.72. The van der Waals surface area contributed by atoms with E-state index in [0.29, 0.717) is 24.3 Å². The van der Waals surface area contributed by atoms with Crippen LogP contribution in [0.3, 0.4) is 0 Å². The molecule has 27 heavy (non-hydrogen) atoms. The molecule has 3 aliphatic rings. The number of fused-ring (bicyclic) bond motifs is 1. The van der Waals surface area contributed by atoms with Gasteiger partial charge < -0.3 is 20.4 Å². The molecule has 0 aromatic heterocycles. The number of β-lactam (4-membered cyclic amide) rings is 1. The number of carboxylic acid groups (broad SMARTS) is 1. The van der Waals surface area contributed by atoms with E-state index in [-0.39, 0.29) is 53.9 Å². The first-order valence-corrected chi connectivity index (χ1v) is 11.2. The van der Waals surface area contributed by atoms with Crippen LogP contribution < -0.4 is 15.2 Å². The third-order valence-corrected chi connectivity index (χ3v) is 7.39. The molecular formula is C15H24N4O6S2. The lowest BCUT2D eigenvalue weighted by Gasteiger charge is -2.45. The first-order chi connectivity index (χ1) is 12.6. The molecule has 6 N–H and O–H groups in total. The molecule has 0 aromatic rings. The Labute approximate surface area is 161 Å². The van der Waals surface area contributed by atoms with Gasteiger partial charge in [0.1, 0.15) is 5.70 Å². The molecular weight excluding hydrogens is 396 g/mol. The van der Waals surface area contributed by atoms with Gasteiger partial charge in [-0.15, -0.1) is 11.8 Å². The van der Waals surface area contributed by atoms with E-state index in [0.717, 1.165) is 0 Å². The van der Waals surface area contributed by atoms with E-state index in [1.54, 1.807) is 0 Å². The summed E-state index contributed by atoms with van der Waals surface area (Å²) in [4.78, 5) is 26.1. The fourth-order valence-electron chi connectivity index (χ4n) is 4.12. The number of carboxylic acids is 1. The number of carbonyl (C=O) groups is 2. The van der Waals surface area contributed by atoms with Gasteiger partial charge in [0.15, 0.2) is 0 Å². The minimum absolute atomic E-state index is 0.0443. The zero-order valence-corrected chi connectivity index (χ0v) is 16.4. The number of aliphatic hydroxyl groups excluding tert-OH is 1. The number of carbonyl (C=O) groups excluding carboxylic acids is 1. The number of nitrogens with one attached hydrogen (secondary N) is 2. The molecule has 0 radical (unpaired) electrons. The van der Waals surface area contributed by atoms with Crippen LogP contribution in [0.25, 0.3) is 0 Å². The number of hydrogen-bond acceptors (Lipinski definition) is 7. The summed E-state index contributed by atoms with van der Waals surface area (Å²) in [6.45, 7) is 2.57. The van der Waals surface area contributed by atoms with Crippen LogP contribution in [0.5, 0.6) is 0 Å². The average Bonchev–Trinajstić information content (AvgIpc) is 3.12. The van der Waals surface area contributed by atoms with E-state index in [1.807, 2.05) is 6.92 Å². The van der Waals surface area contributed by atoms with Crippen molar-refractivity contribution in [1.82, 2.24) is 14.9 Å². The second kappa shape index (κ2) is 7.68. The van der Waals surface area contributed by atoms with Crippen LogP contribution in [-0.2, 0) is 19.8 Å². The fraction of sp³-hybridized carbons (Fsp3) is 0.733. The summed E-state index contributed by atoms with van der Waals surface area (Å²) >= 11 is 1.44. The number of hydrogen-bond donors (Lipinski definition) is 5. The van der Waals surface area contributed by atoms with Crippen LogP contribution in [0.2, 0.25) is 0 Å². The zero-order chi connectivity index (χ0) is 19.9. The normalized spacial score (nSPS) is 33.4. The summed E-state index contributed by atoms with van der Waals surface area (Å²) in [5.41, 5.74) is 0.0443.